The summed E-state index contributed by atoms with van der Waals surface area (Å²) in [6, 6.07) is 8.20. The van der Waals surface area contributed by atoms with Crippen LogP contribution < -0.4 is 4.74 Å². The van der Waals surface area contributed by atoms with E-state index in [1.807, 2.05) is 6.07 Å². The first-order chi connectivity index (χ1) is 10.1. The molecule has 1 aliphatic carbocycles. The normalized spacial score (nSPS) is 22.7. The molecule has 2 aromatic rings. The van der Waals surface area contributed by atoms with E-state index in [-0.39, 0.29) is 29.3 Å². The fourth-order valence-corrected chi connectivity index (χ4v) is 3.53. The van der Waals surface area contributed by atoms with Crippen LogP contribution in [0.4, 0.5) is 4.39 Å². The third kappa shape index (κ3) is 1.86. The second-order valence-corrected chi connectivity index (χ2v) is 5.76. The minimum absolute atomic E-state index is 0.00394. The number of halogens is 1. The Morgan fingerprint density at radius 2 is 1.95 bits per heavy atom. The van der Waals surface area contributed by atoms with Crippen LogP contribution in [0.3, 0.4) is 0 Å². The van der Waals surface area contributed by atoms with Gasteiger partial charge in [0.2, 0.25) is 0 Å². The zero-order valence-corrected chi connectivity index (χ0v) is 11.3. The van der Waals surface area contributed by atoms with Gasteiger partial charge in [-0.1, -0.05) is 12.1 Å². The van der Waals surface area contributed by atoms with Gasteiger partial charge >= 0.3 is 0 Å². The van der Waals surface area contributed by atoms with Crippen molar-refractivity contribution >= 4 is 0 Å². The zero-order chi connectivity index (χ0) is 14.6. The molecule has 0 spiro atoms. The van der Waals surface area contributed by atoms with Crippen molar-refractivity contribution in [3.8, 4) is 17.2 Å². The summed E-state index contributed by atoms with van der Waals surface area (Å²) in [6.45, 7) is 0. The van der Waals surface area contributed by atoms with E-state index in [9.17, 15) is 14.6 Å². The van der Waals surface area contributed by atoms with E-state index in [0.29, 0.717) is 18.6 Å². The highest BCUT2D eigenvalue weighted by Gasteiger charge is 2.36. The second kappa shape index (κ2) is 4.38. The van der Waals surface area contributed by atoms with E-state index in [0.717, 1.165) is 23.1 Å². The number of phenols is 2. The van der Waals surface area contributed by atoms with Crippen LogP contribution in [0.15, 0.2) is 30.3 Å². The van der Waals surface area contributed by atoms with Crippen LogP contribution in [-0.2, 0) is 12.8 Å². The minimum atomic E-state index is -0.172. The average molecular weight is 286 g/mol. The van der Waals surface area contributed by atoms with Gasteiger partial charge in [-0.25, -0.2) is 4.39 Å². The second-order valence-electron chi connectivity index (χ2n) is 5.76. The van der Waals surface area contributed by atoms with Gasteiger partial charge < -0.3 is 14.9 Å². The molecule has 3 nitrogen and oxygen atoms in total. The molecule has 0 saturated heterocycles. The molecule has 2 aromatic carbocycles. The maximum atomic E-state index is 13.9. The van der Waals surface area contributed by atoms with Gasteiger partial charge in [0, 0.05) is 12.0 Å². The molecule has 4 heteroatoms. The molecule has 1 aliphatic heterocycles. The first-order valence-corrected chi connectivity index (χ1v) is 7.12. The van der Waals surface area contributed by atoms with Crippen molar-refractivity contribution in [2.24, 2.45) is 0 Å². The van der Waals surface area contributed by atoms with Gasteiger partial charge in [-0.15, -0.1) is 0 Å². The zero-order valence-electron chi connectivity index (χ0n) is 11.3. The summed E-state index contributed by atoms with van der Waals surface area (Å²) in [5.41, 5.74) is 2.64. The lowest BCUT2D eigenvalue weighted by Crippen LogP contribution is -2.35. The maximum absolute atomic E-state index is 13.9. The fraction of sp³-hybridized carbons (Fsp3) is 0.294. The Kier molecular flexibility index (Phi) is 2.61. The summed E-state index contributed by atoms with van der Waals surface area (Å²) in [5, 5.41) is 19.2. The van der Waals surface area contributed by atoms with E-state index in [1.165, 1.54) is 18.2 Å². The number of rotatable bonds is 0. The monoisotopic (exact) mass is 286 g/mol. The number of phenolic OH excluding ortho intramolecular Hbond substituents is 2. The van der Waals surface area contributed by atoms with E-state index < -0.39 is 0 Å². The molecule has 4 rings (SSSR count). The average Bonchev–Trinajstić information content (AvgIpc) is 2.47. The van der Waals surface area contributed by atoms with Crippen LogP contribution in [0.5, 0.6) is 17.2 Å². The summed E-state index contributed by atoms with van der Waals surface area (Å²) < 4.78 is 19.9. The van der Waals surface area contributed by atoms with Gasteiger partial charge in [-0.3, -0.25) is 0 Å². The van der Waals surface area contributed by atoms with Crippen molar-refractivity contribution in [1.29, 1.82) is 0 Å². The minimum Gasteiger partial charge on any atom is -0.504 e. The molecule has 0 radical (unpaired) electrons. The third-order valence-electron chi connectivity index (χ3n) is 4.56. The predicted molar refractivity (Wildman–Crippen MR) is 75.4 cm³/mol. The first kappa shape index (κ1) is 12.5. The Bertz CT molecular complexity index is 726. The lowest BCUT2D eigenvalue weighted by molar-refractivity contribution is 0.131. The van der Waals surface area contributed by atoms with Gasteiger partial charge in [0.1, 0.15) is 17.7 Å². The summed E-state index contributed by atoms with van der Waals surface area (Å²) in [5.74, 6) is 0.248. The number of ether oxygens (including phenoxy) is 1. The van der Waals surface area contributed by atoms with E-state index in [1.54, 1.807) is 6.07 Å². The Morgan fingerprint density at radius 1 is 1.14 bits per heavy atom. The topological polar surface area (TPSA) is 49.7 Å². The molecule has 2 unspecified atom stereocenters. The highest BCUT2D eigenvalue weighted by Crippen LogP contribution is 2.45. The number of benzene rings is 2. The largest absolute Gasteiger partial charge is 0.504 e. The molecule has 2 aliphatic rings. The Balaban J connectivity index is 1.79. The molecule has 0 amide bonds. The van der Waals surface area contributed by atoms with Crippen LogP contribution in [0, 0.1) is 5.82 Å². The van der Waals surface area contributed by atoms with Crippen molar-refractivity contribution in [3.63, 3.8) is 0 Å². The van der Waals surface area contributed by atoms with Crippen molar-refractivity contribution in [1.82, 2.24) is 0 Å². The maximum Gasteiger partial charge on any atom is 0.161 e. The van der Waals surface area contributed by atoms with Crippen LogP contribution in [-0.4, -0.2) is 16.3 Å². The molecule has 2 atom stereocenters. The van der Waals surface area contributed by atoms with Crippen LogP contribution >= 0.6 is 0 Å². The molecule has 0 bridgehead atoms. The molecule has 1 heterocycles. The predicted octanol–water partition coefficient (Wildman–Crippen LogP) is 3.27. The summed E-state index contributed by atoms with van der Waals surface area (Å²) in [4.78, 5) is 0. The smallest absolute Gasteiger partial charge is 0.161 e. The number of fused-ring (bicyclic) bond motifs is 4. The molecule has 0 aromatic heterocycles. The molecule has 0 saturated carbocycles. The number of hydrogen-bond acceptors (Lipinski definition) is 3. The highest BCUT2D eigenvalue weighted by molar-refractivity contribution is 5.52. The summed E-state index contributed by atoms with van der Waals surface area (Å²) in [7, 11) is 0. The first-order valence-electron chi connectivity index (χ1n) is 7.12. The van der Waals surface area contributed by atoms with E-state index in [4.69, 9.17) is 4.74 Å². The van der Waals surface area contributed by atoms with Gasteiger partial charge in [0.05, 0.1) is 0 Å². The van der Waals surface area contributed by atoms with Gasteiger partial charge in [0.25, 0.3) is 0 Å². The molecule has 0 fully saturated rings. The van der Waals surface area contributed by atoms with Crippen LogP contribution in [0.2, 0.25) is 0 Å². The van der Waals surface area contributed by atoms with E-state index >= 15 is 0 Å². The van der Waals surface area contributed by atoms with Gasteiger partial charge in [-0.2, -0.15) is 0 Å². The standard InChI is InChI=1S/C17H15FO3/c18-13-3-1-2-10-11(13)4-5-16-12(10)6-9-7-14(19)15(20)8-17(9)21-16/h1-3,7-8,12,16,19-20H,4-6H2. The summed E-state index contributed by atoms with van der Waals surface area (Å²) >= 11 is 0. The van der Waals surface area contributed by atoms with Crippen LogP contribution in [0.1, 0.15) is 29.0 Å². The lowest BCUT2D eigenvalue weighted by atomic mass is 9.76. The highest BCUT2D eigenvalue weighted by atomic mass is 19.1. The summed E-state index contributed by atoms with van der Waals surface area (Å²) in [6.07, 6.45) is 2.11. The van der Waals surface area contributed by atoms with Crippen molar-refractivity contribution in [3.05, 3.63) is 52.8 Å². The van der Waals surface area contributed by atoms with Gasteiger partial charge in [-0.05, 0) is 48.1 Å². The quantitative estimate of drug-likeness (QED) is 0.731. The molecule has 21 heavy (non-hydrogen) atoms. The lowest BCUT2D eigenvalue weighted by Gasteiger charge is -2.38. The van der Waals surface area contributed by atoms with Gasteiger partial charge in [0.15, 0.2) is 11.5 Å². The SMILES string of the molecule is Oc1cc2c(cc1O)OC1CCc3c(F)cccc3C1C2. The third-order valence-corrected chi connectivity index (χ3v) is 4.56. The molecular weight excluding hydrogens is 271 g/mol. The Labute approximate surface area is 121 Å². The molecule has 108 valence electrons. The van der Waals surface area contributed by atoms with Crippen molar-refractivity contribution < 1.29 is 19.3 Å². The van der Waals surface area contributed by atoms with Crippen molar-refractivity contribution in [2.45, 2.75) is 31.3 Å². The fourth-order valence-electron chi connectivity index (χ4n) is 3.53. The van der Waals surface area contributed by atoms with Crippen LogP contribution in [0.25, 0.3) is 0 Å². The number of hydrogen-bond donors (Lipinski definition) is 2. The Morgan fingerprint density at radius 3 is 2.81 bits per heavy atom. The Hall–Kier alpha value is -2.23. The van der Waals surface area contributed by atoms with Crippen molar-refractivity contribution in [2.75, 3.05) is 0 Å². The molecular formula is C17H15FO3. The van der Waals surface area contributed by atoms with E-state index in [2.05, 4.69) is 0 Å². The molecule has 2 N–H and O–H groups in total. The number of aromatic hydroxyl groups is 2.